The lowest BCUT2D eigenvalue weighted by Crippen LogP contribution is -2.11. The van der Waals surface area contributed by atoms with Crippen LogP contribution >= 0.6 is 0 Å². The predicted molar refractivity (Wildman–Crippen MR) is 87.5 cm³/mol. The van der Waals surface area contributed by atoms with Crippen LogP contribution in [0.5, 0.6) is 0 Å². The predicted octanol–water partition coefficient (Wildman–Crippen LogP) is 5.16. The molecule has 1 unspecified atom stereocenters. The summed E-state index contributed by atoms with van der Waals surface area (Å²) in [6.07, 6.45) is 1.20. The summed E-state index contributed by atoms with van der Waals surface area (Å²) in [7, 11) is 0. The summed E-state index contributed by atoms with van der Waals surface area (Å²) in [5.74, 6) is 0.587. The number of rotatable bonds is 3. The molecule has 0 heteroatoms. The molecule has 4 rings (SSSR count). The highest BCUT2D eigenvalue weighted by molar-refractivity contribution is 5.53. The van der Waals surface area contributed by atoms with Crippen molar-refractivity contribution in [1.29, 1.82) is 0 Å². The zero-order valence-electron chi connectivity index (χ0n) is 11.9. The maximum absolute atomic E-state index is 2.27. The van der Waals surface area contributed by atoms with Gasteiger partial charge in [0, 0.05) is 5.41 Å². The second-order valence-electron chi connectivity index (χ2n) is 5.87. The summed E-state index contributed by atoms with van der Waals surface area (Å²) in [5.41, 5.74) is 4.48. The van der Waals surface area contributed by atoms with Crippen molar-refractivity contribution in [1.82, 2.24) is 0 Å². The molecule has 0 aromatic heterocycles. The maximum atomic E-state index is 2.27. The van der Waals surface area contributed by atoms with E-state index in [9.17, 15) is 0 Å². The Morgan fingerprint density at radius 2 is 1.00 bits per heavy atom. The quantitative estimate of drug-likeness (QED) is 0.616. The third-order valence-corrected chi connectivity index (χ3v) is 4.74. The summed E-state index contributed by atoms with van der Waals surface area (Å²) in [6, 6.07) is 32.8. The highest BCUT2D eigenvalue weighted by Crippen LogP contribution is 2.64. The van der Waals surface area contributed by atoms with Crippen LogP contribution in [0.2, 0.25) is 0 Å². The van der Waals surface area contributed by atoms with Crippen molar-refractivity contribution in [3.63, 3.8) is 0 Å². The van der Waals surface area contributed by atoms with Gasteiger partial charge < -0.3 is 0 Å². The van der Waals surface area contributed by atoms with E-state index in [0.29, 0.717) is 5.92 Å². The molecule has 0 amide bonds. The van der Waals surface area contributed by atoms with Crippen molar-refractivity contribution in [3.8, 4) is 0 Å². The molecule has 0 N–H and O–H groups in total. The maximum Gasteiger partial charge on any atom is 0.0278 e. The van der Waals surface area contributed by atoms with Crippen molar-refractivity contribution in [2.24, 2.45) is 0 Å². The van der Waals surface area contributed by atoms with Crippen LogP contribution in [0.25, 0.3) is 0 Å². The van der Waals surface area contributed by atoms with Crippen LogP contribution in [0.1, 0.15) is 29.0 Å². The molecule has 1 atom stereocenters. The van der Waals surface area contributed by atoms with Gasteiger partial charge in [-0.3, -0.25) is 0 Å². The van der Waals surface area contributed by atoms with Gasteiger partial charge in [-0.1, -0.05) is 91.0 Å². The normalized spacial score (nSPS) is 19.1. The monoisotopic (exact) mass is 270 g/mol. The van der Waals surface area contributed by atoms with Crippen LogP contribution in [0.3, 0.4) is 0 Å². The van der Waals surface area contributed by atoms with E-state index in [4.69, 9.17) is 0 Å². The minimum absolute atomic E-state index is 0.157. The van der Waals surface area contributed by atoms with Gasteiger partial charge in [-0.15, -0.1) is 0 Å². The van der Waals surface area contributed by atoms with Crippen LogP contribution in [-0.2, 0) is 5.41 Å². The SMILES string of the molecule is c1ccc(C2CC2(c2ccccc2)c2ccccc2)cc1. The van der Waals surface area contributed by atoms with Gasteiger partial charge in [0.15, 0.2) is 0 Å². The first-order valence-corrected chi connectivity index (χ1v) is 7.57. The van der Waals surface area contributed by atoms with E-state index in [1.807, 2.05) is 0 Å². The van der Waals surface area contributed by atoms with Crippen molar-refractivity contribution in [2.45, 2.75) is 17.8 Å². The molecule has 0 nitrogen and oxygen atoms in total. The van der Waals surface area contributed by atoms with E-state index in [1.165, 1.54) is 23.1 Å². The second-order valence-corrected chi connectivity index (χ2v) is 5.87. The van der Waals surface area contributed by atoms with Gasteiger partial charge in [0.1, 0.15) is 0 Å². The smallest absolute Gasteiger partial charge is 0.0278 e. The number of benzene rings is 3. The molecule has 1 saturated carbocycles. The minimum Gasteiger partial charge on any atom is -0.0622 e. The van der Waals surface area contributed by atoms with Crippen molar-refractivity contribution in [3.05, 3.63) is 108 Å². The van der Waals surface area contributed by atoms with E-state index < -0.39 is 0 Å². The molecular weight excluding hydrogens is 252 g/mol. The van der Waals surface area contributed by atoms with Gasteiger partial charge in [0.25, 0.3) is 0 Å². The van der Waals surface area contributed by atoms with Crippen LogP contribution in [0, 0.1) is 0 Å². The lowest BCUT2D eigenvalue weighted by Gasteiger charge is -2.19. The van der Waals surface area contributed by atoms with Crippen LogP contribution in [0.15, 0.2) is 91.0 Å². The summed E-state index contributed by atoms with van der Waals surface area (Å²) in [6.45, 7) is 0. The lowest BCUT2D eigenvalue weighted by atomic mass is 9.84. The molecule has 0 aliphatic heterocycles. The molecule has 0 saturated heterocycles. The second kappa shape index (κ2) is 4.89. The summed E-state index contributed by atoms with van der Waals surface area (Å²) < 4.78 is 0. The molecule has 0 heterocycles. The number of hydrogen-bond donors (Lipinski definition) is 0. The fourth-order valence-corrected chi connectivity index (χ4v) is 3.63. The standard InChI is InChI=1S/C21H18/c1-4-10-17(11-5-1)20-16-21(20,18-12-6-2-7-13-18)19-14-8-3-9-15-19/h1-15,20H,16H2. The molecule has 3 aromatic carbocycles. The largest absolute Gasteiger partial charge is 0.0622 e. The van der Waals surface area contributed by atoms with Crippen LogP contribution in [-0.4, -0.2) is 0 Å². The van der Waals surface area contributed by atoms with Crippen molar-refractivity contribution < 1.29 is 0 Å². The molecule has 1 aliphatic rings. The minimum atomic E-state index is 0.157. The molecule has 102 valence electrons. The Bertz CT molecular complexity index is 674. The summed E-state index contributed by atoms with van der Waals surface area (Å²) >= 11 is 0. The van der Waals surface area contributed by atoms with Gasteiger partial charge in [-0.2, -0.15) is 0 Å². The van der Waals surface area contributed by atoms with E-state index in [1.54, 1.807) is 0 Å². The van der Waals surface area contributed by atoms with Crippen molar-refractivity contribution in [2.75, 3.05) is 0 Å². The van der Waals surface area contributed by atoms with E-state index >= 15 is 0 Å². The van der Waals surface area contributed by atoms with Crippen LogP contribution < -0.4 is 0 Å². The Labute approximate surface area is 126 Å². The Morgan fingerprint density at radius 1 is 0.571 bits per heavy atom. The Hall–Kier alpha value is -2.34. The molecule has 1 fully saturated rings. The fourth-order valence-electron chi connectivity index (χ4n) is 3.63. The molecule has 21 heavy (non-hydrogen) atoms. The Kier molecular flexibility index (Phi) is 2.89. The summed E-state index contributed by atoms with van der Waals surface area (Å²) in [4.78, 5) is 0. The van der Waals surface area contributed by atoms with E-state index in [-0.39, 0.29) is 5.41 Å². The highest BCUT2D eigenvalue weighted by atomic mass is 14.6. The number of hydrogen-bond acceptors (Lipinski definition) is 0. The van der Waals surface area contributed by atoms with Gasteiger partial charge in [0.05, 0.1) is 0 Å². The topological polar surface area (TPSA) is 0 Å². The Morgan fingerprint density at radius 3 is 1.48 bits per heavy atom. The van der Waals surface area contributed by atoms with Gasteiger partial charge in [0.2, 0.25) is 0 Å². The molecule has 0 spiro atoms. The molecule has 1 aliphatic carbocycles. The highest BCUT2D eigenvalue weighted by Gasteiger charge is 2.56. The van der Waals surface area contributed by atoms with E-state index in [2.05, 4.69) is 91.0 Å². The zero-order chi connectivity index (χ0) is 14.1. The Balaban J connectivity index is 1.83. The molecular formula is C21H18. The van der Waals surface area contributed by atoms with Crippen molar-refractivity contribution >= 4 is 0 Å². The average Bonchev–Trinajstić information content (AvgIpc) is 3.34. The molecule has 0 radical (unpaired) electrons. The third kappa shape index (κ3) is 1.99. The first kappa shape index (κ1) is 12.4. The first-order valence-electron chi connectivity index (χ1n) is 7.57. The average molecular weight is 270 g/mol. The van der Waals surface area contributed by atoms with Gasteiger partial charge in [-0.05, 0) is 29.0 Å². The zero-order valence-corrected chi connectivity index (χ0v) is 11.9. The first-order chi connectivity index (χ1) is 10.4. The van der Waals surface area contributed by atoms with Gasteiger partial charge in [-0.25, -0.2) is 0 Å². The van der Waals surface area contributed by atoms with E-state index in [0.717, 1.165) is 0 Å². The molecule has 0 bridgehead atoms. The third-order valence-electron chi connectivity index (χ3n) is 4.74. The lowest BCUT2D eigenvalue weighted by molar-refractivity contribution is 0.803. The summed E-state index contributed by atoms with van der Waals surface area (Å²) in [5, 5.41) is 0. The van der Waals surface area contributed by atoms with Gasteiger partial charge >= 0.3 is 0 Å². The molecule has 3 aromatic rings. The van der Waals surface area contributed by atoms with Crippen LogP contribution in [0.4, 0.5) is 0 Å². The fraction of sp³-hybridized carbons (Fsp3) is 0.143.